The Morgan fingerprint density at radius 3 is 2.65 bits per heavy atom. The maximum Gasteiger partial charge on any atom is 0.167 e. The van der Waals surface area contributed by atoms with Crippen LogP contribution in [0.25, 0.3) is 0 Å². The summed E-state index contributed by atoms with van der Waals surface area (Å²) < 4.78 is 18.8. The van der Waals surface area contributed by atoms with Crippen LogP contribution in [0.2, 0.25) is 0 Å². The van der Waals surface area contributed by atoms with E-state index in [1.807, 2.05) is 6.07 Å². The number of anilines is 1. The molecule has 0 unspecified atom stereocenters. The van der Waals surface area contributed by atoms with Gasteiger partial charge in [-0.1, -0.05) is 6.07 Å². The minimum atomic E-state index is -0.577. The summed E-state index contributed by atoms with van der Waals surface area (Å²) in [4.78, 5) is 0. The van der Waals surface area contributed by atoms with Crippen LogP contribution in [-0.2, 0) is 0 Å². The molecule has 2 rings (SSSR count). The second-order valence-corrected chi connectivity index (χ2v) is 3.43. The monoisotopic (exact) mass is 228 g/mol. The number of halogens is 1. The molecule has 0 aliphatic carbocycles. The third kappa shape index (κ3) is 2.52. The Hall–Kier alpha value is -2.54. The van der Waals surface area contributed by atoms with Crippen LogP contribution < -0.4 is 10.5 Å². The van der Waals surface area contributed by atoms with Crippen molar-refractivity contribution >= 4 is 5.69 Å². The minimum Gasteiger partial charge on any atom is -0.454 e. The zero-order valence-electron chi connectivity index (χ0n) is 8.85. The minimum absolute atomic E-state index is 0.0644. The summed E-state index contributed by atoms with van der Waals surface area (Å²) in [7, 11) is 0. The van der Waals surface area contributed by atoms with E-state index < -0.39 is 5.82 Å². The lowest BCUT2D eigenvalue weighted by Gasteiger charge is -2.07. The van der Waals surface area contributed by atoms with Gasteiger partial charge in [0, 0.05) is 11.8 Å². The van der Waals surface area contributed by atoms with Gasteiger partial charge in [0.05, 0.1) is 11.6 Å². The molecule has 84 valence electrons. The molecule has 2 aromatic rings. The van der Waals surface area contributed by atoms with Crippen molar-refractivity contribution in [2.45, 2.75) is 0 Å². The lowest BCUT2D eigenvalue weighted by Crippen LogP contribution is -1.91. The van der Waals surface area contributed by atoms with Gasteiger partial charge in [0.2, 0.25) is 0 Å². The lowest BCUT2D eigenvalue weighted by atomic mass is 10.2. The van der Waals surface area contributed by atoms with Crippen LogP contribution in [0, 0.1) is 17.1 Å². The highest BCUT2D eigenvalue weighted by Gasteiger charge is 2.06. The third-order valence-corrected chi connectivity index (χ3v) is 2.15. The van der Waals surface area contributed by atoms with Gasteiger partial charge in [0.15, 0.2) is 11.6 Å². The van der Waals surface area contributed by atoms with E-state index in [2.05, 4.69) is 0 Å². The number of nitrogen functional groups attached to an aromatic ring is 1. The number of nitrogens with two attached hydrogens (primary N) is 1. The van der Waals surface area contributed by atoms with Gasteiger partial charge in [-0.3, -0.25) is 0 Å². The fourth-order valence-electron chi connectivity index (χ4n) is 1.36. The average molecular weight is 228 g/mol. The molecule has 3 nitrogen and oxygen atoms in total. The normalized spacial score (nSPS) is 9.65. The van der Waals surface area contributed by atoms with Crippen molar-refractivity contribution < 1.29 is 9.13 Å². The van der Waals surface area contributed by atoms with Crippen molar-refractivity contribution in [3.8, 4) is 17.6 Å². The molecule has 0 radical (unpaired) electrons. The topological polar surface area (TPSA) is 59.0 Å². The Kier molecular flexibility index (Phi) is 2.93. The molecule has 0 aliphatic rings. The van der Waals surface area contributed by atoms with Gasteiger partial charge in [-0.15, -0.1) is 0 Å². The van der Waals surface area contributed by atoms with Crippen molar-refractivity contribution in [3.63, 3.8) is 0 Å². The van der Waals surface area contributed by atoms with Crippen LogP contribution in [0.3, 0.4) is 0 Å². The van der Waals surface area contributed by atoms with Gasteiger partial charge in [-0.05, 0) is 30.3 Å². The first kappa shape index (κ1) is 11.0. The standard InChI is InChI=1S/C13H9FN2O/c14-12-6-9(8-15)4-5-13(12)17-11-3-1-2-10(16)7-11/h1-7H,16H2. The highest BCUT2D eigenvalue weighted by molar-refractivity contribution is 5.46. The number of rotatable bonds is 2. The number of nitriles is 1. The second kappa shape index (κ2) is 4.54. The third-order valence-electron chi connectivity index (χ3n) is 2.15. The summed E-state index contributed by atoms with van der Waals surface area (Å²) in [5, 5.41) is 8.61. The van der Waals surface area contributed by atoms with Crippen LogP contribution in [0.4, 0.5) is 10.1 Å². The zero-order chi connectivity index (χ0) is 12.3. The van der Waals surface area contributed by atoms with Gasteiger partial charge in [-0.2, -0.15) is 5.26 Å². The first-order chi connectivity index (χ1) is 8.19. The first-order valence-corrected chi connectivity index (χ1v) is 4.92. The van der Waals surface area contributed by atoms with Crippen LogP contribution >= 0.6 is 0 Å². The average Bonchev–Trinajstić information content (AvgIpc) is 2.32. The van der Waals surface area contributed by atoms with Gasteiger partial charge in [0.1, 0.15) is 5.75 Å². The largest absolute Gasteiger partial charge is 0.454 e. The molecule has 2 aromatic carbocycles. The molecule has 0 fully saturated rings. The van der Waals surface area contributed by atoms with Crippen LogP contribution in [0.5, 0.6) is 11.5 Å². The maximum absolute atomic E-state index is 13.5. The number of hydrogen-bond acceptors (Lipinski definition) is 3. The number of benzene rings is 2. The van der Waals surface area contributed by atoms with E-state index in [1.54, 1.807) is 24.3 Å². The molecule has 0 spiro atoms. The molecule has 0 aromatic heterocycles. The fourth-order valence-corrected chi connectivity index (χ4v) is 1.36. The van der Waals surface area contributed by atoms with E-state index in [9.17, 15) is 4.39 Å². The van der Waals surface area contributed by atoms with Crippen LogP contribution in [-0.4, -0.2) is 0 Å². The summed E-state index contributed by atoms with van der Waals surface area (Å²) in [6, 6.07) is 12.6. The van der Waals surface area contributed by atoms with Crippen LogP contribution in [0.15, 0.2) is 42.5 Å². The molecule has 0 heterocycles. The Balaban J connectivity index is 2.28. The van der Waals surface area contributed by atoms with E-state index >= 15 is 0 Å². The molecule has 0 atom stereocenters. The predicted octanol–water partition coefficient (Wildman–Crippen LogP) is 3.07. The highest BCUT2D eigenvalue weighted by Crippen LogP contribution is 2.26. The molecule has 4 heteroatoms. The van der Waals surface area contributed by atoms with Crippen molar-refractivity contribution in [1.82, 2.24) is 0 Å². The van der Waals surface area contributed by atoms with Gasteiger partial charge in [0.25, 0.3) is 0 Å². The Labute approximate surface area is 97.9 Å². The molecule has 2 N–H and O–H groups in total. The number of ether oxygens (including phenoxy) is 1. The van der Waals surface area contributed by atoms with Gasteiger partial charge >= 0.3 is 0 Å². The van der Waals surface area contributed by atoms with Gasteiger partial charge in [-0.25, -0.2) is 4.39 Å². The molecular formula is C13H9FN2O. The lowest BCUT2D eigenvalue weighted by molar-refractivity contribution is 0.442. The molecule has 17 heavy (non-hydrogen) atoms. The second-order valence-electron chi connectivity index (χ2n) is 3.43. The molecular weight excluding hydrogens is 219 g/mol. The summed E-state index contributed by atoms with van der Waals surface area (Å²) in [5.41, 5.74) is 6.37. The number of hydrogen-bond donors (Lipinski definition) is 1. The SMILES string of the molecule is N#Cc1ccc(Oc2cccc(N)c2)c(F)c1. The number of nitrogens with zero attached hydrogens (tertiary/aromatic N) is 1. The first-order valence-electron chi connectivity index (χ1n) is 4.92. The summed E-state index contributed by atoms with van der Waals surface area (Å²) in [6.45, 7) is 0. The summed E-state index contributed by atoms with van der Waals surface area (Å²) >= 11 is 0. The van der Waals surface area contributed by atoms with E-state index in [4.69, 9.17) is 15.7 Å². The highest BCUT2D eigenvalue weighted by atomic mass is 19.1. The molecule has 0 saturated carbocycles. The van der Waals surface area contributed by atoms with E-state index in [0.29, 0.717) is 11.4 Å². The molecule has 0 saturated heterocycles. The van der Waals surface area contributed by atoms with Crippen molar-refractivity contribution in [2.75, 3.05) is 5.73 Å². The molecule has 0 bridgehead atoms. The summed E-state index contributed by atoms with van der Waals surface area (Å²) in [6.07, 6.45) is 0. The van der Waals surface area contributed by atoms with Crippen molar-refractivity contribution in [3.05, 3.63) is 53.8 Å². The predicted molar refractivity (Wildman–Crippen MR) is 62.0 cm³/mol. The Bertz CT molecular complexity index is 590. The van der Waals surface area contributed by atoms with E-state index in [1.165, 1.54) is 12.1 Å². The Morgan fingerprint density at radius 1 is 1.18 bits per heavy atom. The Morgan fingerprint density at radius 2 is 2.00 bits per heavy atom. The summed E-state index contributed by atoms with van der Waals surface area (Å²) in [5.74, 6) is -0.0605. The maximum atomic E-state index is 13.5. The van der Waals surface area contributed by atoms with Crippen LogP contribution in [0.1, 0.15) is 5.56 Å². The van der Waals surface area contributed by atoms with E-state index in [-0.39, 0.29) is 11.3 Å². The zero-order valence-corrected chi connectivity index (χ0v) is 8.85. The van der Waals surface area contributed by atoms with Crippen molar-refractivity contribution in [2.24, 2.45) is 0 Å². The van der Waals surface area contributed by atoms with E-state index in [0.717, 1.165) is 6.07 Å². The van der Waals surface area contributed by atoms with Crippen molar-refractivity contribution in [1.29, 1.82) is 5.26 Å². The fraction of sp³-hybridized carbons (Fsp3) is 0. The van der Waals surface area contributed by atoms with Gasteiger partial charge < -0.3 is 10.5 Å². The smallest absolute Gasteiger partial charge is 0.167 e. The molecule has 0 amide bonds. The molecule has 0 aliphatic heterocycles. The quantitative estimate of drug-likeness (QED) is 0.803.